The van der Waals surface area contributed by atoms with Gasteiger partial charge in [0.05, 0.1) is 11.5 Å². The van der Waals surface area contributed by atoms with Gasteiger partial charge >= 0.3 is 0 Å². The van der Waals surface area contributed by atoms with E-state index in [2.05, 4.69) is 56.9 Å². The molecule has 0 spiro atoms. The Balaban J connectivity index is 2.40. The standard InChI is InChI=1S/C13H17PS/c1-11-9-14(15,10-13(11,2)3)12-7-5-4-6-8-12/h4-9H,10H2,1-3H3. The van der Waals surface area contributed by atoms with Gasteiger partial charge in [0.15, 0.2) is 0 Å². The predicted molar refractivity (Wildman–Crippen MR) is 72.8 cm³/mol. The van der Waals surface area contributed by atoms with Gasteiger partial charge in [0.25, 0.3) is 0 Å². The van der Waals surface area contributed by atoms with Gasteiger partial charge in [-0.3, -0.25) is 0 Å². The van der Waals surface area contributed by atoms with Gasteiger partial charge < -0.3 is 12.2 Å². The normalized spacial score (nSPS) is 28.9. The van der Waals surface area contributed by atoms with Crippen molar-refractivity contribution in [3.63, 3.8) is 0 Å². The maximum Gasteiger partial charge on any atom is 0.0771 e. The van der Waals surface area contributed by atoms with Crippen LogP contribution in [0.15, 0.2) is 41.7 Å². The lowest BCUT2D eigenvalue weighted by Gasteiger charge is -2.29. The lowest BCUT2D eigenvalue weighted by Crippen LogP contribution is -2.17. The molecule has 1 aromatic carbocycles. The Bertz CT molecular complexity index is 394. The fraction of sp³-hybridized carbons (Fsp3) is 0.385. The summed E-state index contributed by atoms with van der Waals surface area (Å²) in [5, 5.41) is 1.37. The number of hydrogen-bond donors (Lipinski definition) is 0. The summed E-state index contributed by atoms with van der Waals surface area (Å²) in [4.78, 5) is 0. The maximum atomic E-state index is 5.89. The molecule has 0 fully saturated rings. The number of benzene rings is 1. The number of allylic oxidation sites excluding steroid dienone is 1. The van der Waals surface area contributed by atoms with E-state index >= 15 is 0 Å². The third-order valence-electron chi connectivity index (χ3n) is 3.29. The Morgan fingerprint density at radius 2 is 1.80 bits per heavy atom. The third-order valence-corrected chi connectivity index (χ3v) is 7.87. The van der Waals surface area contributed by atoms with Crippen molar-refractivity contribution in [2.75, 3.05) is 6.16 Å². The number of hydrogen-bond acceptors (Lipinski definition) is 1. The van der Waals surface area contributed by atoms with Crippen molar-refractivity contribution in [3.05, 3.63) is 41.7 Å². The first-order valence-electron chi connectivity index (χ1n) is 5.28. The van der Waals surface area contributed by atoms with Crippen molar-refractivity contribution in [1.82, 2.24) is 0 Å². The first kappa shape index (κ1) is 11.2. The highest BCUT2D eigenvalue weighted by Crippen LogP contribution is 2.67. The molecule has 0 saturated carbocycles. The molecule has 0 nitrogen and oxygen atoms in total. The first-order valence-corrected chi connectivity index (χ1v) is 8.34. The Morgan fingerprint density at radius 3 is 2.27 bits per heavy atom. The second kappa shape index (κ2) is 3.64. The summed E-state index contributed by atoms with van der Waals surface area (Å²) in [6, 6.07) is 10.6. The van der Waals surface area contributed by atoms with E-state index in [9.17, 15) is 0 Å². The van der Waals surface area contributed by atoms with E-state index in [0.29, 0.717) is 5.41 Å². The topological polar surface area (TPSA) is 0 Å². The minimum atomic E-state index is -1.43. The Morgan fingerprint density at radius 1 is 1.20 bits per heavy atom. The molecule has 0 amide bonds. The molecule has 1 heterocycles. The van der Waals surface area contributed by atoms with E-state index in [-0.39, 0.29) is 0 Å². The molecule has 1 aromatic rings. The van der Waals surface area contributed by atoms with Crippen LogP contribution in [-0.4, -0.2) is 6.16 Å². The molecule has 1 aliphatic heterocycles. The minimum absolute atomic E-state index is 0.297. The van der Waals surface area contributed by atoms with Gasteiger partial charge in [0.1, 0.15) is 0 Å². The highest BCUT2D eigenvalue weighted by Gasteiger charge is 2.40. The summed E-state index contributed by atoms with van der Waals surface area (Å²) in [5.74, 6) is 2.37. The molecule has 0 aromatic heterocycles. The van der Waals surface area contributed by atoms with Gasteiger partial charge in [-0.15, -0.1) is 0 Å². The van der Waals surface area contributed by atoms with Crippen molar-refractivity contribution >= 4 is 24.0 Å². The molecule has 0 bridgehead atoms. The summed E-state index contributed by atoms with van der Waals surface area (Å²) in [5.41, 5.74) is 1.76. The van der Waals surface area contributed by atoms with Crippen molar-refractivity contribution < 1.29 is 0 Å². The molecule has 1 atom stereocenters. The molecule has 0 N–H and O–H groups in total. The number of rotatable bonds is 1. The molecule has 1 aliphatic rings. The highest BCUT2D eigenvalue weighted by atomic mass is 32.7. The summed E-state index contributed by atoms with van der Waals surface area (Å²) < 4.78 is 0. The quantitative estimate of drug-likeness (QED) is 0.529. The lowest BCUT2D eigenvalue weighted by molar-refractivity contribution is 0.523. The van der Waals surface area contributed by atoms with Crippen LogP contribution in [0.4, 0.5) is 0 Å². The molecular weight excluding hydrogens is 219 g/mol. The molecule has 0 aliphatic carbocycles. The third kappa shape index (κ3) is 2.00. The Kier molecular flexibility index (Phi) is 2.73. The van der Waals surface area contributed by atoms with E-state index in [4.69, 9.17) is 12.2 Å². The maximum absolute atomic E-state index is 5.89. The van der Waals surface area contributed by atoms with E-state index in [1.807, 2.05) is 0 Å². The van der Waals surface area contributed by atoms with Crippen LogP contribution < -0.4 is 5.30 Å². The van der Waals surface area contributed by atoms with Crippen LogP contribution >= 0.6 is 6.46 Å². The highest BCUT2D eigenvalue weighted by molar-refractivity contribution is 8.46. The Hall–Kier alpha value is -0.260. The van der Waals surface area contributed by atoms with Gasteiger partial charge in [0.2, 0.25) is 0 Å². The Labute approximate surface area is 98.3 Å². The smallest absolute Gasteiger partial charge is 0.0771 e. The monoisotopic (exact) mass is 236 g/mol. The van der Waals surface area contributed by atoms with Crippen molar-refractivity contribution in [2.24, 2.45) is 5.41 Å². The van der Waals surface area contributed by atoms with Crippen LogP contribution in [-0.2, 0) is 12.2 Å². The fourth-order valence-electron chi connectivity index (χ4n) is 2.09. The van der Waals surface area contributed by atoms with E-state index in [1.54, 1.807) is 0 Å². The van der Waals surface area contributed by atoms with Crippen LogP contribution in [0.3, 0.4) is 0 Å². The summed E-state index contributed by atoms with van der Waals surface area (Å²) in [6.07, 6.45) is 1.14. The molecule has 0 saturated heterocycles. The molecular formula is C13H17PS. The van der Waals surface area contributed by atoms with Crippen LogP contribution in [0.2, 0.25) is 0 Å². The second-order valence-corrected chi connectivity index (χ2v) is 9.62. The van der Waals surface area contributed by atoms with Gasteiger partial charge in [-0.2, -0.15) is 0 Å². The van der Waals surface area contributed by atoms with Gasteiger partial charge in [-0.05, 0) is 31.1 Å². The molecule has 2 heteroatoms. The van der Waals surface area contributed by atoms with E-state index < -0.39 is 6.46 Å². The molecule has 15 heavy (non-hydrogen) atoms. The average molecular weight is 236 g/mol. The molecule has 1 unspecified atom stereocenters. The zero-order valence-corrected chi connectivity index (χ0v) is 11.2. The van der Waals surface area contributed by atoms with Crippen LogP contribution in [0, 0.1) is 5.41 Å². The molecule has 0 radical (unpaired) electrons. The SMILES string of the molecule is CC1=C[P+]([S-])(c2ccccc2)CC1(C)C. The van der Waals surface area contributed by atoms with E-state index in [0.717, 1.165) is 6.16 Å². The van der Waals surface area contributed by atoms with Gasteiger partial charge in [-0.25, -0.2) is 0 Å². The van der Waals surface area contributed by atoms with Gasteiger partial charge in [0, 0.05) is 11.2 Å². The summed E-state index contributed by atoms with van der Waals surface area (Å²) >= 11 is 5.89. The van der Waals surface area contributed by atoms with Crippen molar-refractivity contribution in [2.45, 2.75) is 20.8 Å². The summed E-state index contributed by atoms with van der Waals surface area (Å²) in [6.45, 7) is 5.39. The zero-order valence-electron chi connectivity index (χ0n) is 9.53. The van der Waals surface area contributed by atoms with Crippen LogP contribution in [0.25, 0.3) is 0 Å². The average Bonchev–Trinajstić information content (AvgIpc) is 2.38. The van der Waals surface area contributed by atoms with Crippen molar-refractivity contribution in [1.29, 1.82) is 0 Å². The minimum Gasteiger partial charge on any atom is -0.546 e. The van der Waals surface area contributed by atoms with Gasteiger partial charge in [-0.1, -0.05) is 32.0 Å². The molecule has 2 rings (SSSR count). The fourth-order valence-corrected chi connectivity index (χ4v) is 7.40. The lowest BCUT2D eigenvalue weighted by atomic mass is 9.89. The first-order chi connectivity index (χ1) is 6.94. The van der Waals surface area contributed by atoms with Crippen LogP contribution in [0.5, 0.6) is 0 Å². The zero-order chi connectivity index (χ0) is 11.1. The second-order valence-electron chi connectivity index (χ2n) is 4.99. The largest absolute Gasteiger partial charge is 0.546 e. The summed E-state index contributed by atoms with van der Waals surface area (Å²) in [7, 11) is 0. The van der Waals surface area contributed by atoms with E-state index in [1.165, 1.54) is 10.9 Å². The molecule has 80 valence electrons. The van der Waals surface area contributed by atoms with Crippen molar-refractivity contribution in [3.8, 4) is 0 Å². The van der Waals surface area contributed by atoms with Crippen LogP contribution in [0.1, 0.15) is 20.8 Å². The predicted octanol–water partition coefficient (Wildman–Crippen LogP) is 3.74.